The smallest absolute Gasteiger partial charge is 0.145 e. The Morgan fingerprint density at radius 1 is 1.25 bits per heavy atom. The Kier molecular flexibility index (Phi) is 5.15. The Labute approximate surface area is 127 Å². The normalized spacial score (nSPS) is 19.9. The van der Waals surface area contributed by atoms with Gasteiger partial charge in [-0.3, -0.25) is 0 Å². The lowest BCUT2D eigenvalue weighted by Gasteiger charge is -2.42. The third-order valence-corrected chi connectivity index (χ3v) is 4.90. The topological polar surface area (TPSA) is 21.3 Å². The maximum atomic E-state index is 14.4. The van der Waals surface area contributed by atoms with E-state index in [1.807, 2.05) is 0 Å². The van der Waals surface area contributed by atoms with Crippen LogP contribution in [0.15, 0.2) is 16.6 Å². The van der Waals surface area contributed by atoms with Gasteiger partial charge < -0.3 is 10.1 Å². The molecule has 1 unspecified atom stereocenters. The summed E-state index contributed by atoms with van der Waals surface area (Å²) in [6.45, 7) is 0. The van der Waals surface area contributed by atoms with Gasteiger partial charge in [0.15, 0.2) is 0 Å². The fourth-order valence-corrected chi connectivity index (χ4v) is 3.58. The molecule has 1 N–H and O–H groups in total. The fourth-order valence-electron chi connectivity index (χ4n) is 3.24. The number of benzene rings is 1. The van der Waals surface area contributed by atoms with Crippen molar-refractivity contribution in [1.29, 1.82) is 0 Å². The van der Waals surface area contributed by atoms with Crippen LogP contribution in [0.3, 0.4) is 0 Å². The van der Waals surface area contributed by atoms with E-state index < -0.39 is 23.3 Å². The van der Waals surface area contributed by atoms with Crippen molar-refractivity contribution < 1.29 is 13.5 Å². The predicted octanol–water partition coefficient (Wildman–Crippen LogP) is 4.34. The van der Waals surface area contributed by atoms with Crippen molar-refractivity contribution in [3.05, 3.63) is 33.8 Å². The molecule has 0 bridgehead atoms. The quantitative estimate of drug-likeness (QED) is 0.818. The summed E-state index contributed by atoms with van der Waals surface area (Å²) >= 11 is 3.13. The summed E-state index contributed by atoms with van der Waals surface area (Å²) in [5, 5.41) is 3.06. The summed E-state index contributed by atoms with van der Waals surface area (Å²) in [6.07, 6.45) is 4.79. The highest BCUT2D eigenvalue weighted by Gasteiger charge is 2.42. The van der Waals surface area contributed by atoms with Gasteiger partial charge in [0.1, 0.15) is 11.6 Å². The van der Waals surface area contributed by atoms with E-state index in [0.717, 1.165) is 32.1 Å². The van der Waals surface area contributed by atoms with Gasteiger partial charge in [0.05, 0.1) is 16.1 Å². The molecule has 1 saturated carbocycles. The molecule has 1 aromatic rings. The third-order valence-electron chi connectivity index (χ3n) is 4.29. The lowest BCUT2D eigenvalue weighted by atomic mass is 9.76. The number of halogens is 3. The molecule has 2 nitrogen and oxygen atoms in total. The van der Waals surface area contributed by atoms with Gasteiger partial charge in [-0.2, -0.15) is 0 Å². The minimum Gasteiger partial charge on any atom is -0.376 e. The van der Waals surface area contributed by atoms with Crippen LogP contribution in [0, 0.1) is 11.6 Å². The van der Waals surface area contributed by atoms with Crippen LogP contribution in [0.5, 0.6) is 0 Å². The molecular weight excluding hydrogens is 328 g/mol. The molecule has 1 aliphatic carbocycles. The number of rotatable bonds is 4. The van der Waals surface area contributed by atoms with Gasteiger partial charge in [0.2, 0.25) is 0 Å². The maximum absolute atomic E-state index is 14.4. The number of ether oxygens (including phenoxy) is 1. The Balaban J connectivity index is 2.49. The summed E-state index contributed by atoms with van der Waals surface area (Å²) in [5.74, 6) is -1.08. The molecule has 0 aromatic heterocycles. The molecule has 1 aliphatic rings. The van der Waals surface area contributed by atoms with Crippen LogP contribution >= 0.6 is 15.9 Å². The van der Waals surface area contributed by atoms with Crippen molar-refractivity contribution in [3.8, 4) is 0 Å². The molecule has 1 fully saturated rings. The summed E-state index contributed by atoms with van der Waals surface area (Å²) in [6, 6.07) is 2.19. The Morgan fingerprint density at radius 3 is 2.45 bits per heavy atom. The van der Waals surface area contributed by atoms with Crippen LogP contribution in [0.1, 0.15) is 43.7 Å². The molecule has 5 heteroatoms. The lowest BCUT2D eigenvalue weighted by molar-refractivity contribution is -0.0686. The predicted molar refractivity (Wildman–Crippen MR) is 78.7 cm³/mol. The van der Waals surface area contributed by atoms with Crippen LogP contribution in [-0.4, -0.2) is 19.8 Å². The summed E-state index contributed by atoms with van der Waals surface area (Å²) in [4.78, 5) is 0. The second-order valence-electron chi connectivity index (χ2n) is 5.31. The average molecular weight is 348 g/mol. The molecule has 112 valence electrons. The molecule has 0 amide bonds. The molecule has 20 heavy (non-hydrogen) atoms. The van der Waals surface area contributed by atoms with Crippen molar-refractivity contribution in [1.82, 2.24) is 5.32 Å². The molecule has 0 heterocycles. The molecular formula is C15H20BrF2NO. The van der Waals surface area contributed by atoms with Gasteiger partial charge in [-0.1, -0.05) is 19.3 Å². The zero-order valence-electron chi connectivity index (χ0n) is 11.8. The molecule has 0 radical (unpaired) electrons. The van der Waals surface area contributed by atoms with E-state index in [2.05, 4.69) is 21.2 Å². The monoisotopic (exact) mass is 347 g/mol. The number of hydrogen-bond acceptors (Lipinski definition) is 2. The molecule has 0 spiro atoms. The third kappa shape index (κ3) is 2.76. The average Bonchev–Trinajstić information content (AvgIpc) is 2.48. The van der Waals surface area contributed by atoms with Crippen LogP contribution in [0.4, 0.5) is 8.78 Å². The number of methoxy groups -OCH3 is 1. The van der Waals surface area contributed by atoms with Gasteiger partial charge in [-0.15, -0.1) is 0 Å². The van der Waals surface area contributed by atoms with Gasteiger partial charge >= 0.3 is 0 Å². The summed E-state index contributed by atoms with van der Waals surface area (Å²) in [5.41, 5.74) is -0.485. The first-order valence-corrected chi connectivity index (χ1v) is 7.71. The molecule has 1 aromatic carbocycles. The number of hydrogen-bond donors (Lipinski definition) is 1. The van der Waals surface area contributed by atoms with Crippen molar-refractivity contribution in [2.75, 3.05) is 14.2 Å². The van der Waals surface area contributed by atoms with E-state index in [1.54, 1.807) is 14.2 Å². The van der Waals surface area contributed by atoms with Gasteiger partial charge in [-0.25, -0.2) is 8.78 Å². The molecule has 2 rings (SSSR count). The van der Waals surface area contributed by atoms with E-state index in [0.29, 0.717) is 0 Å². The molecule has 0 aliphatic heterocycles. The Morgan fingerprint density at radius 2 is 1.90 bits per heavy atom. The maximum Gasteiger partial charge on any atom is 0.145 e. The van der Waals surface area contributed by atoms with E-state index in [1.165, 1.54) is 12.1 Å². The Hall–Kier alpha value is -0.520. The Bertz CT molecular complexity index is 475. The summed E-state index contributed by atoms with van der Waals surface area (Å²) in [7, 11) is 3.35. The first-order valence-electron chi connectivity index (χ1n) is 6.91. The van der Waals surface area contributed by atoms with Gasteiger partial charge in [0, 0.05) is 12.7 Å². The van der Waals surface area contributed by atoms with Crippen molar-refractivity contribution in [2.24, 2.45) is 0 Å². The first-order chi connectivity index (χ1) is 9.55. The van der Waals surface area contributed by atoms with Crippen molar-refractivity contribution in [2.45, 2.75) is 43.7 Å². The standard InChI is InChI=1S/C15H20BrF2NO/c1-19-14(15(20-2)8-4-3-5-9-15)12-11(17)7-6-10(16)13(12)18/h6-7,14,19H,3-5,8-9H2,1-2H3. The fraction of sp³-hybridized carbons (Fsp3) is 0.600. The van der Waals surface area contributed by atoms with Gasteiger partial charge in [-0.05, 0) is 48.0 Å². The highest BCUT2D eigenvalue weighted by molar-refractivity contribution is 9.10. The SMILES string of the molecule is CNC(c1c(F)ccc(Br)c1F)C1(OC)CCCCC1. The number of nitrogens with one attached hydrogen (secondary N) is 1. The zero-order valence-corrected chi connectivity index (χ0v) is 13.4. The van der Waals surface area contributed by atoms with Gasteiger partial charge in [0.25, 0.3) is 0 Å². The van der Waals surface area contributed by atoms with Crippen LogP contribution in [0.2, 0.25) is 0 Å². The minimum atomic E-state index is -0.550. The first kappa shape index (κ1) is 15.9. The van der Waals surface area contributed by atoms with Crippen molar-refractivity contribution in [3.63, 3.8) is 0 Å². The number of likely N-dealkylation sites (N-methyl/N-ethyl adjacent to an activating group) is 1. The largest absolute Gasteiger partial charge is 0.376 e. The second-order valence-corrected chi connectivity index (χ2v) is 6.16. The second kappa shape index (κ2) is 6.50. The summed E-state index contributed by atoms with van der Waals surface area (Å²) < 4.78 is 34.6. The van der Waals surface area contributed by atoms with E-state index in [-0.39, 0.29) is 10.0 Å². The molecule has 1 atom stereocenters. The van der Waals surface area contributed by atoms with E-state index in [9.17, 15) is 8.78 Å². The highest BCUT2D eigenvalue weighted by atomic mass is 79.9. The minimum absolute atomic E-state index is 0.0608. The molecule has 0 saturated heterocycles. The zero-order chi connectivity index (χ0) is 14.8. The lowest BCUT2D eigenvalue weighted by Crippen LogP contribution is -2.46. The van der Waals surface area contributed by atoms with Crippen LogP contribution < -0.4 is 5.32 Å². The van der Waals surface area contributed by atoms with Crippen LogP contribution in [-0.2, 0) is 4.74 Å². The van der Waals surface area contributed by atoms with Crippen LogP contribution in [0.25, 0.3) is 0 Å². The van der Waals surface area contributed by atoms with E-state index >= 15 is 0 Å². The van der Waals surface area contributed by atoms with Crippen molar-refractivity contribution >= 4 is 15.9 Å². The van der Waals surface area contributed by atoms with E-state index in [4.69, 9.17) is 4.74 Å². The highest BCUT2D eigenvalue weighted by Crippen LogP contribution is 2.43.